The maximum absolute atomic E-state index is 14.7. The number of amides is 6. The summed E-state index contributed by atoms with van der Waals surface area (Å²) in [7, 11) is 6.41. The van der Waals surface area contributed by atoms with Crippen LogP contribution in [-0.4, -0.2) is 144 Å². The molecule has 0 aromatic heterocycles. The van der Waals surface area contributed by atoms with E-state index in [9.17, 15) is 38.7 Å². The average Bonchev–Trinajstić information content (AvgIpc) is 3.85. The number of imide groups is 1. The van der Waals surface area contributed by atoms with Crippen LogP contribution in [0, 0.1) is 29.6 Å². The number of methoxy groups -OCH3 is 2. The summed E-state index contributed by atoms with van der Waals surface area (Å²) in [5.74, 6) is -3.81. The minimum atomic E-state index is -0.906. The molecule has 17 heteroatoms. The number of halogens is 2. The molecule has 376 valence electrons. The molecule has 0 aliphatic carbocycles. The highest BCUT2D eigenvalue weighted by Gasteiger charge is 2.44. The number of carbonyl (C=O) groups excluding carboxylic acids is 7. The standard InChI is InChI=1S/C50H77Br2N5O10/c1-13-31(6)44(38(66-11)28-40(60)56-26-20-23-36(56)46(67-12)32(7)47(62)53-33(8)45(61)34-21-16-14-17-22-34)55(10)48(63)35(29(2)3)27-37(58)43(30(4)5)54(9)39(59)24-18-15-19-25-57-49(64)41(51)42(52)50(57)65/h14,16-17,21-22,29-33,35-36,38,43-46,61H,13,15,18-20,23-28H2,1-12H3,(H,53,62)/t31-,32+,33+,35-,36?,38+,43-,44-,45+,46+/m0/s1. The van der Waals surface area contributed by atoms with Crippen molar-refractivity contribution in [3.05, 3.63) is 44.9 Å². The third-order valence-electron chi connectivity index (χ3n) is 13.9. The second-order valence-corrected chi connectivity index (χ2v) is 20.7. The fourth-order valence-electron chi connectivity index (χ4n) is 9.70. The number of nitrogens with zero attached hydrogens (tertiary/aromatic N) is 4. The van der Waals surface area contributed by atoms with Gasteiger partial charge in [-0.25, -0.2) is 0 Å². The Morgan fingerprint density at radius 2 is 1.46 bits per heavy atom. The van der Waals surface area contributed by atoms with E-state index >= 15 is 0 Å². The van der Waals surface area contributed by atoms with Gasteiger partial charge in [-0.05, 0) is 87.8 Å². The number of rotatable bonds is 27. The van der Waals surface area contributed by atoms with Gasteiger partial charge < -0.3 is 34.6 Å². The molecule has 1 aromatic carbocycles. The molecule has 2 heterocycles. The predicted octanol–water partition coefficient (Wildman–Crippen LogP) is 6.79. The number of hydrogen-bond acceptors (Lipinski definition) is 10. The second-order valence-electron chi connectivity index (χ2n) is 19.2. The summed E-state index contributed by atoms with van der Waals surface area (Å²) in [5.41, 5.74) is 0.690. The van der Waals surface area contributed by atoms with Crippen molar-refractivity contribution in [2.24, 2.45) is 29.6 Å². The van der Waals surface area contributed by atoms with Crippen molar-refractivity contribution in [1.29, 1.82) is 0 Å². The third-order valence-corrected chi connectivity index (χ3v) is 15.9. The quantitative estimate of drug-likeness (QED) is 0.0703. The van der Waals surface area contributed by atoms with Crippen LogP contribution in [-0.2, 0) is 43.0 Å². The molecule has 0 bridgehead atoms. The highest BCUT2D eigenvalue weighted by atomic mass is 79.9. The number of ketones is 1. The number of aliphatic hydroxyl groups excluding tert-OH is 1. The first-order valence-corrected chi connectivity index (χ1v) is 25.5. The van der Waals surface area contributed by atoms with Crippen molar-refractivity contribution in [1.82, 2.24) is 24.9 Å². The van der Waals surface area contributed by atoms with Crippen LogP contribution in [0.3, 0.4) is 0 Å². The monoisotopic (exact) mass is 1070 g/mol. The maximum atomic E-state index is 14.7. The summed E-state index contributed by atoms with van der Waals surface area (Å²) in [6, 6.07) is 6.90. The van der Waals surface area contributed by atoms with Gasteiger partial charge in [-0.3, -0.25) is 38.5 Å². The van der Waals surface area contributed by atoms with Gasteiger partial charge in [0.05, 0.1) is 54.8 Å². The molecule has 2 aliphatic rings. The van der Waals surface area contributed by atoms with Crippen molar-refractivity contribution in [3.8, 4) is 0 Å². The Labute approximate surface area is 415 Å². The van der Waals surface area contributed by atoms with Gasteiger partial charge >= 0.3 is 0 Å². The van der Waals surface area contributed by atoms with Crippen LogP contribution in [0.25, 0.3) is 0 Å². The molecule has 1 fully saturated rings. The smallest absolute Gasteiger partial charge is 0.269 e. The zero-order valence-corrected chi connectivity index (χ0v) is 44.9. The van der Waals surface area contributed by atoms with Crippen LogP contribution in [0.5, 0.6) is 0 Å². The zero-order chi connectivity index (χ0) is 50.4. The Morgan fingerprint density at radius 1 is 0.851 bits per heavy atom. The van der Waals surface area contributed by atoms with Crippen molar-refractivity contribution < 1.29 is 48.1 Å². The third kappa shape index (κ3) is 14.8. The second kappa shape index (κ2) is 27.0. The van der Waals surface area contributed by atoms with Gasteiger partial charge in [-0.15, -0.1) is 0 Å². The number of carbonyl (C=O) groups is 7. The minimum absolute atomic E-state index is 0.0220. The molecule has 0 saturated carbocycles. The molecule has 1 saturated heterocycles. The summed E-state index contributed by atoms with van der Waals surface area (Å²) in [6.07, 6.45) is 1.55. The number of Topliss-reactive ketones (excluding diaryl/α,β-unsaturated/α-hetero) is 1. The molecule has 2 aliphatic heterocycles. The molecule has 10 atom stereocenters. The SMILES string of the molecule is CC[C@H](C)[C@@H]([C@@H](CC(=O)N1CCCC1[C@H](OC)[C@@H](C)C(=O)N[C@H](C)[C@@H](O)c1ccccc1)OC)N(C)C(=O)[C@@H](CC(=O)[C@H](C(C)C)N(C)C(=O)CCCCCN1C(=O)C(Br)=C(Br)C1=O)C(C)C. The number of likely N-dealkylation sites (tertiary alicyclic amines) is 1. The molecule has 2 N–H and O–H groups in total. The first kappa shape index (κ1) is 57.8. The Bertz CT molecular complexity index is 1870. The van der Waals surface area contributed by atoms with Crippen LogP contribution < -0.4 is 5.32 Å². The van der Waals surface area contributed by atoms with E-state index in [0.717, 1.165) is 11.3 Å². The number of ether oxygens (including phenoxy) is 2. The summed E-state index contributed by atoms with van der Waals surface area (Å²) in [6.45, 7) is 15.8. The van der Waals surface area contributed by atoms with E-state index in [1.54, 1.807) is 49.9 Å². The largest absolute Gasteiger partial charge is 0.386 e. The first-order valence-electron chi connectivity index (χ1n) is 23.9. The Balaban J connectivity index is 1.69. The zero-order valence-electron chi connectivity index (χ0n) is 41.8. The van der Waals surface area contributed by atoms with Gasteiger partial charge in [0.25, 0.3) is 11.8 Å². The molecule has 3 rings (SSSR count). The molecule has 1 aromatic rings. The Hall–Kier alpha value is -3.51. The summed E-state index contributed by atoms with van der Waals surface area (Å²) >= 11 is 6.27. The first-order chi connectivity index (χ1) is 31.5. The number of hydrogen-bond donors (Lipinski definition) is 2. The Morgan fingerprint density at radius 3 is 2.00 bits per heavy atom. The van der Waals surface area contributed by atoms with Gasteiger partial charge in [-0.2, -0.15) is 0 Å². The van der Waals surface area contributed by atoms with Crippen molar-refractivity contribution in [2.45, 2.75) is 156 Å². The highest BCUT2D eigenvalue weighted by molar-refractivity contribution is 9.14. The van der Waals surface area contributed by atoms with Gasteiger partial charge in [-0.1, -0.05) is 91.6 Å². The van der Waals surface area contributed by atoms with Crippen molar-refractivity contribution in [3.63, 3.8) is 0 Å². The number of likely N-dealkylation sites (N-methyl/N-ethyl adjacent to an activating group) is 2. The molecule has 15 nitrogen and oxygen atoms in total. The fraction of sp³-hybridized carbons (Fsp3) is 0.700. The molecule has 0 radical (unpaired) electrons. The molecule has 1 unspecified atom stereocenters. The van der Waals surface area contributed by atoms with Crippen molar-refractivity contribution >= 4 is 73.1 Å². The van der Waals surface area contributed by atoms with E-state index in [1.807, 2.05) is 59.7 Å². The molecule has 67 heavy (non-hydrogen) atoms. The number of aliphatic hydroxyl groups is 1. The number of nitrogens with one attached hydrogen (secondary N) is 1. The minimum Gasteiger partial charge on any atom is -0.386 e. The van der Waals surface area contributed by atoms with Crippen LogP contribution in [0.4, 0.5) is 0 Å². The average molecular weight is 1070 g/mol. The number of unbranched alkanes of at least 4 members (excludes halogenated alkanes) is 2. The van der Waals surface area contributed by atoms with Crippen LogP contribution in [0.2, 0.25) is 0 Å². The lowest BCUT2D eigenvalue weighted by atomic mass is 9.83. The number of benzene rings is 1. The highest BCUT2D eigenvalue weighted by Crippen LogP contribution is 2.32. The van der Waals surface area contributed by atoms with Gasteiger partial charge in [0.1, 0.15) is 8.96 Å². The lowest BCUT2D eigenvalue weighted by molar-refractivity contribution is -0.150. The predicted molar refractivity (Wildman–Crippen MR) is 265 cm³/mol. The Kier molecular flexibility index (Phi) is 23.3. The van der Waals surface area contributed by atoms with Gasteiger partial charge in [0, 0.05) is 60.2 Å². The summed E-state index contributed by atoms with van der Waals surface area (Å²) in [4.78, 5) is 101. The normalized spacial score (nSPS) is 19.5. The van der Waals surface area contributed by atoms with E-state index in [0.29, 0.717) is 44.2 Å². The van der Waals surface area contributed by atoms with E-state index < -0.39 is 60.1 Å². The van der Waals surface area contributed by atoms with Gasteiger partial charge in [0.15, 0.2) is 5.78 Å². The molecular formula is C50H77Br2N5O10. The summed E-state index contributed by atoms with van der Waals surface area (Å²) in [5, 5.41) is 13.8. The van der Waals surface area contributed by atoms with Gasteiger partial charge in [0.2, 0.25) is 23.6 Å². The van der Waals surface area contributed by atoms with Crippen LogP contribution in [0.1, 0.15) is 125 Å². The topological polar surface area (TPSA) is 183 Å². The molecule has 0 spiro atoms. The van der Waals surface area contributed by atoms with Crippen molar-refractivity contribution in [2.75, 3.05) is 41.4 Å². The van der Waals surface area contributed by atoms with Crippen LogP contribution >= 0.6 is 31.9 Å². The van der Waals surface area contributed by atoms with Crippen LogP contribution in [0.15, 0.2) is 39.3 Å². The van der Waals surface area contributed by atoms with E-state index in [1.165, 1.54) is 19.1 Å². The lowest BCUT2D eigenvalue weighted by Crippen LogP contribution is -2.55. The molecule has 6 amide bonds. The maximum Gasteiger partial charge on any atom is 0.269 e. The van der Waals surface area contributed by atoms with E-state index in [2.05, 4.69) is 37.2 Å². The lowest BCUT2D eigenvalue weighted by Gasteiger charge is -2.41. The fourth-order valence-corrected chi connectivity index (χ4v) is 10.5. The summed E-state index contributed by atoms with van der Waals surface area (Å²) < 4.78 is 12.4. The van der Waals surface area contributed by atoms with E-state index in [4.69, 9.17) is 9.47 Å². The molecular weight excluding hydrogens is 990 g/mol. The van der Waals surface area contributed by atoms with E-state index in [-0.39, 0.29) is 88.0 Å².